The molecule has 0 amide bonds. The van der Waals surface area contributed by atoms with Crippen molar-refractivity contribution in [3.05, 3.63) is 46.1 Å². The third kappa shape index (κ3) is 2.39. The van der Waals surface area contributed by atoms with E-state index >= 15 is 0 Å². The number of hydrogen-bond acceptors (Lipinski definition) is 2. The van der Waals surface area contributed by atoms with Crippen molar-refractivity contribution < 1.29 is 14.7 Å². The molecule has 0 saturated carbocycles. The van der Waals surface area contributed by atoms with E-state index in [0.717, 1.165) is 5.56 Å². The van der Waals surface area contributed by atoms with Gasteiger partial charge in [0, 0.05) is 5.02 Å². The second-order valence-electron chi connectivity index (χ2n) is 4.05. The molecule has 0 fully saturated rings. The van der Waals surface area contributed by atoms with Gasteiger partial charge in [0.1, 0.15) is 0 Å². The van der Waals surface area contributed by atoms with Crippen LogP contribution in [0.4, 0.5) is 0 Å². The summed E-state index contributed by atoms with van der Waals surface area (Å²) in [6, 6.07) is 7.06. The van der Waals surface area contributed by atoms with Gasteiger partial charge in [-0.2, -0.15) is 0 Å². The normalized spacial score (nSPS) is 10.4. The summed E-state index contributed by atoms with van der Waals surface area (Å²) in [4.78, 5) is 25.1. The molecule has 1 aromatic carbocycles. The Morgan fingerprint density at radius 3 is 2.74 bits per heavy atom. The van der Waals surface area contributed by atoms with Gasteiger partial charge in [0.05, 0.1) is 17.0 Å². The van der Waals surface area contributed by atoms with Gasteiger partial charge < -0.3 is 10.1 Å². The molecule has 0 radical (unpaired) electrons. The number of aldehydes is 1. The molecule has 0 saturated heterocycles. The Morgan fingerprint density at radius 2 is 2.21 bits per heavy atom. The number of aromatic amines is 1. The van der Waals surface area contributed by atoms with E-state index in [-0.39, 0.29) is 11.3 Å². The average molecular weight is 278 g/mol. The summed E-state index contributed by atoms with van der Waals surface area (Å²) in [5.41, 5.74) is 2.12. The topological polar surface area (TPSA) is 70.2 Å². The number of carboxylic acid groups (broad SMARTS) is 1. The predicted molar refractivity (Wildman–Crippen MR) is 73.0 cm³/mol. The van der Waals surface area contributed by atoms with Crippen molar-refractivity contribution in [2.75, 3.05) is 0 Å². The lowest BCUT2D eigenvalue weighted by Crippen LogP contribution is -2.02. The Labute approximate surface area is 115 Å². The molecule has 1 aromatic heterocycles. The summed E-state index contributed by atoms with van der Waals surface area (Å²) in [5, 5.41) is 9.77. The van der Waals surface area contributed by atoms with E-state index < -0.39 is 5.97 Å². The quantitative estimate of drug-likeness (QED) is 0.842. The average Bonchev–Trinajstić information content (AvgIpc) is 2.77. The number of carbonyl (C=O) groups excluding carboxylic acids is 1. The van der Waals surface area contributed by atoms with Crippen LogP contribution in [0, 0.1) is 0 Å². The Balaban J connectivity index is 2.70. The molecular formula is C14H12ClNO3. The molecular weight excluding hydrogens is 266 g/mol. The molecule has 19 heavy (non-hydrogen) atoms. The van der Waals surface area contributed by atoms with Crippen LogP contribution in [0.2, 0.25) is 5.02 Å². The minimum atomic E-state index is -1.11. The highest BCUT2D eigenvalue weighted by molar-refractivity contribution is 6.30. The van der Waals surface area contributed by atoms with Crippen LogP contribution >= 0.6 is 11.6 Å². The highest BCUT2D eigenvalue weighted by Gasteiger charge is 2.22. The maximum absolute atomic E-state index is 11.3. The summed E-state index contributed by atoms with van der Waals surface area (Å²) in [5.74, 6) is -1.11. The summed E-state index contributed by atoms with van der Waals surface area (Å²) in [6.07, 6.45) is 1.03. The van der Waals surface area contributed by atoms with Crippen molar-refractivity contribution in [3.8, 4) is 11.3 Å². The van der Waals surface area contributed by atoms with E-state index in [0.29, 0.717) is 29.0 Å². The Kier molecular flexibility index (Phi) is 3.71. The molecule has 98 valence electrons. The minimum absolute atomic E-state index is 0.0347. The molecule has 0 aliphatic rings. The van der Waals surface area contributed by atoms with Crippen LogP contribution in [0.3, 0.4) is 0 Å². The Morgan fingerprint density at radius 1 is 1.47 bits per heavy atom. The van der Waals surface area contributed by atoms with Crippen molar-refractivity contribution in [3.63, 3.8) is 0 Å². The van der Waals surface area contributed by atoms with E-state index in [4.69, 9.17) is 11.6 Å². The molecule has 0 aliphatic heterocycles. The lowest BCUT2D eigenvalue weighted by molar-refractivity contribution is 0.0693. The van der Waals surface area contributed by atoms with E-state index in [1.807, 2.05) is 13.0 Å². The first-order chi connectivity index (χ1) is 9.08. The van der Waals surface area contributed by atoms with Crippen LogP contribution in [-0.2, 0) is 6.42 Å². The number of benzene rings is 1. The summed E-state index contributed by atoms with van der Waals surface area (Å²) >= 11 is 5.93. The summed E-state index contributed by atoms with van der Waals surface area (Å²) in [7, 11) is 0. The van der Waals surface area contributed by atoms with Gasteiger partial charge >= 0.3 is 5.97 Å². The highest BCUT2D eigenvalue weighted by Crippen LogP contribution is 2.29. The van der Waals surface area contributed by atoms with Gasteiger partial charge in [-0.15, -0.1) is 0 Å². The first kappa shape index (κ1) is 13.4. The van der Waals surface area contributed by atoms with Gasteiger partial charge in [0.2, 0.25) is 0 Å². The fraction of sp³-hybridized carbons (Fsp3) is 0.143. The number of rotatable bonds is 4. The lowest BCUT2D eigenvalue weighted by atomic mass is 10.0. The van der Waals surface area contributed by atoms with Gasteiger partial charge in [-0.25, -0.2) is 4.79 Å². The zero-order chi connectivity index (χ0) is 14.0. The fourth-order valence-electron chi connectivity index (χ4n) is 2.14. The second-order valence-corrected chi connectivity index (χ2v) is 4.49. The third-order valence-electron chi connectivity index (χ3n) is 2.93. The SMILES string of the molecule is CCc1c(-c2cccc(Cl)c2)[nH]c(C=O)c1C(=O)O. The van der Waals surface area contributed by atoms with Crippen LogP contribution in [0.25, 0.3) is 11.3 Å². The number of carbonyl (C=O) groups is 2. The Hall–Kier alpha value is -2.07. The monoisotopic (exact) mass is 277 g/mol. The molecule has 0 spiro atoms. The molecule has 5 heteroatoms. The largest absolute Gasteiger partial charge is 0.478 e. The standard InChI is InChI=1S/C14H12ClNO3/c1-2-10-12(14(18)19)11(7-17)16-13(10)8-4-3-5-9(15)6-8/h3-7,16H,2H2,1H3,(H,18,19). The highest BCUT2D eigenvalue weighted by atomic mass is 35.5. The predicted octanol–water partition coefficient (Wildman–Crippen LogP) is 3.41. The van der Waals surface area contributed by atoms with Crippen LogP contribution in [0.5, 0.6) is 0 Å². The summed E-state index contributed by atoms with van der Waals surface area (Å²) < 4.78 is 0. The number of H-pyrrole nitrogens is 1. The van der Waals surface area contributed by atoms with Gasteiger partial charge in [0.15, 0.2) is 6.29 Å². The number of nitrogens with one attached hydrogen (secondary N) is 1. The van der Waals surface area contributed by atoms with Crippen molar-refractivity contribution in [2.45, 2.75) is 13.3 Å². The Bertz CT molecular complexity index is 646. The van der Waals surface area contributed by atoms with Crippen LogP contribution < -0.4 is 0 Å². The van der Waals surface area contributed by atoms with E-state index in [9.17, 15) is 14.7 Å². The minimum Gasteiger partial charge on any atom is -0.478 e. The molecule has 0 aliphatic carbocycles. The maximum Gasteiger partial charge on any atom is 0.338 e. The summed E-state index contributed by atoms with van der Waals surface area (Å²) in [6.45, 7) is 1.85. The van der Waals surface area contributed by atoms with E-state index in [1.165, 1.54) is 0 Å². The molecule has 2 N–H and O–H groups in total. The number of carboxylic acids is 1. The maximum atomic E-state index is 11.3. The van der Waals surface area contributed by atoms with E-state index in [2.05, 4.69) is 4.98 Å². The number of halogens is 1. The molecule has 0 unspecified atom stereocenters. The number of aromatic carboxylic acids is 1. The molecule has 4 nitrogen and oxygen atoms in total. The van der Waals surface area contributed by atoms with Crippen LogP contribution in [0.1, 0.15) is 33.3 Å². The van der Waals surface area contributed by atoms with Crippen LogP contribution in [0.15, 0.2) is 24.3 Å². The van der Waals surface area contributed by atoms with E-state index in [1.54, 1.807) is 18.2 Å². The molecule has 2 aromatic rings. The first-order valence-electron chi connectivity index (χ1n) is 5.77. The van der Waals surface area contributed by atoms with Gasteiger partial charge in [0.25, 0.3) is 0 Å². The first-order valence-corrected chi connectivity index (χ1v) is 6.15. The zero-order valence-corrected chi connectivity index (χ0v) is 11.0. The lowest BCUT2D eigenvalue weighted by Gasteiger charge is -2.03. The smallest absolute Gasteiger partial charge is 0.338 e. The number of aromatic nitrogens is 1. The molecule has 0 atom stereocenters. The van der Waals surface area contributed by atoms with Crippen molar-refractivity contribution >= 4 is 23.9 Å². The van der Waals surface area contributed by atoms with Crippen LogP contribution in [-0.4, -0.2) is 22.3 Å². The molecule has 2 rings (SSSR count). The third-order valence-corrected chi connectivity index (χ3v) is 3.17. The molecule has 1 heterocycles. The number of hydrogen-bond donors (Lipinski definition) is 2. The van der Waals surface area contributed by atoms with Crippen molar-refractivity contribution in [2.24, 2.45) is 0 Å². The van der Waals surface area contributed by atoms with Crippen molar-refractivity contribution in [1.29, 1.82) is 0 Å². The second kappa shape index (κ2) is 5.28. The molecule has 0 bridgehead atoms. The zero-order valence-electron chi connectivity index (χ0n) is 10.2. The van der Waals surface area contributed by atoms with Gasteiger partial charge in [-0.05, 0) is 29.7 Å². The fourth-order valence-corrected chi connectivity index (χ4v) is 2.33. The van der Waals surface area contributed by atoms with Gasteiger partial charge in [-0.1, -0.05) is 30.7 Å². The van der Waals surface area contributed by atoms with Gasteiger partial charge in [-0.3, -0.25) is 4.79 Å². The van der Waals surface area contributed by atoms with Crippen molar-refractivity contribution in [1.82, 2.24) is 4.98 Å².